The summed E-state index contributed by atoms with van der Waals surface area (Å²) >= 11 is 0. The monoisotopic (exact) mass is 278 g/mol. The summed E-state index contributed by atoms with van der Waals surface area (Å²) in [5, 5.41) is 1.05. The van der Waals surface area contributed by atoms with Crippen LogP contribution in [0.5, 0.6) is 5.75 Å². The van der Waals surface area contributed by atoms with Crippen LogP contribution in [0.4, 0.5) is 4.39 Å². The number of fused-ring (bicyclic) bond motifs is 1. The minimum atomic E-state index is -0.246. The molecule has 110 valence electrons. The predicted octanol–water partition coefficient (Wildman–Crippen LogP) is 3.21. The van der Waals surface area contributed by atoms with E-state index in [1.54, 1.807) is 6.07 Å². The lowest BCUT2D eigenvalue weighted by molar-refractivity contribution is 0.319. The number of likely N-dealkylation sites (N-methyl/N-ethyl adjacent to an activating group) is 1. The smallest absolute Gasteiger partial charge is 0.131 e. The summed E-state index contributed by atoms with van der Waals surface area (Å²) in [7, 11) is 6.06. The van der Waals surface area contributed by atoms with Crippen molar-refractivity contribution in [2.75, 3.05) is 27.2 Å². The molecule has 0 atom stereocenters. The van der Waals surface area contributed by atoms with Crippen molar-refractivity contribution in [2.45, 2.75) is 19.8 Å². The van der Waals surface area contributed by atoms with Gasteiger partial charge in [0, 0.05) is 31.2 Å². The Bertz CT molecular complexity index is 590. The molecule has 20 heavy (non-hydrogen) atoms. The number of aryl methyl sites for hydroxylation is 1. The highest BCUT2D eigenvalue weighted by Crippen LogP contribution is 2.32. The number of benzene rings is 1. The summed E-state index contributed by atoms with van der Waals surface area (Å²) in [4.78, 5) is 2.15. The van der Waals surface area contributed by atoms with E-state index < -0.39 is 0 Å². The quantitative estimate of drug-likeness (QED) is 0.807. The Kier molecular flexibility index (Phi) is 4.65. The Morgan fingerprint density at radius 3 is 2.70 bits per heavy atom. The highest BCUT2D eigenvalue weighted by molar-refractivity contribution is 5.90. The molecule has 0 unspecified atom stereocenters. The molecule has 2 aromatic rings. The first-order chi connectivity index (χ1) is 9.52. The van der Waals surface area contributed by atoms with Crippen LogP contribution in [-0.4, -0.2) is 36.7 Å². The maximum absolute atomic E-state index is 13.7. The molecule has 1 aromatic carbocycles. The molecule has 0 spiro atoms. The van der Waals surface area contributed by atoms with Crippen molar-refractivity contribution in [1.82, 2.24) is 9.47 Å². The number of aromatic nitrogens is 1. The van der Waals surface area contributed by atoms with Crippen LogP contribution >= 0.6 is 0 Å². The minimum Gasteiger partial charge on any atom is -0.493 e. The Morgan fingerprint density at radius 1 is 1.30 bits per heavy atom. The molecule has 2 rings (SSSR count). The highest BCUT2D eigenvalue weighted by Gasteiger charge is 2.14. The van der Waals surface area contributed by atoms with Gasteiger partial charge >= 0.3 is 0 Å². The van der Waals surface area contributed by atoms with Gasteiger partial charge in [-0.2, -0.15) is 0 Å². The lowest BCUT2D eigenvalue weighted by atomic mass is 10.1. The second-order valence-electron chi connectivity index (χ2n) is 5.47. The third kappa shape index (κ3) is 3.12. The molecule has 0 radical (unpaired) electrons. The van der Waals surface area contributed by atoms with Gasteiger partial charge in [0.15, 0.2) is 0 Å². The summed E-state index contributed by atoms with van der Waals surface area (Å²) in [5.41, 5.74) is 2.10. The van der Waals surface area contributed by atoms with Gasteiger partial charge in [-0.3, -0.25) is 0 Å². The maximum Gasteiger partial charge on any atom is 0.131 e. The summed E-state index contributed by atoms with van der Waals surface area (Å²) in [5.74, 6) is 0.417. The average Bonchev–Trinajstić information content (AvgIpc) is 2.70. The molecule has 0 saturated carbocycles. The van der Waals surface area contributed by atoms with Gasteiger partial charge < -0.3 is 14.2 Å². The van der Waals surface area contributed by atoms with E-state index in [1.165, 1.54) is 11.6 Å². The van der Waals surface area contributed by atoms with Crippen molar-refractivity contribution in [3.8, 4) is 5.75 Å². The van der Waals surface area contributed by atoms with Gasteiger partial charge in [-0.05, 0) is 38.6 Å². The number of halogens is 1. The molecule has 0 fully saturated rings. The molecule has 3 nitrogen and oxygen atoms in total. The van der Waals surface area contributed by atoms with Gasteiger partial charge in [0.05, 0.1) is 12.1 Å². The first-order valence-electron chi connectivity index (χ1n) is 7.08. The second-order valence-corrected chi connectivity index (χ2v) is 5.47. The van der Waals surface area contributed by atoms with Gasteiger partial charge in [0.1, 0.15) is 11.6 Å². The van der Waals surface area contributed by atoms with E-state index in [4.69, 9.17) is 4.74 Å². The fourth-order valence-electron chi connectivity index (χ4n) is 2.40. The molecule has 0 saturated heterocycles. The van der Waals surface area contributed by atoms with E-state index in [0.717, 1.165) is 30.3 Å². The van der Waals surface area contributed by atoms with E-state index in [9.17, 15) is 4.39 Å². The van der Waals surface area contributed by atoms with E-state index in [0.29, 0.717) is 12.4 Å². The van der Waals surface area contributed by atoms with Gasteiger partial charge in [-0.1, -0.05) is 6.92 Å². The van der Waals surface area contributed by atoms with Crippen molar-refractivity contribution in [3.05, 3.63) is 29.7 Å². The summed E-state index contributed by atoms with van der Waals surface area (Å²) in [6, 6.07) is 3.07. The molecule has 1 heterocycles. The fraction of sp³-hybridized carbons (Fsp3) is 0.500. The van der Waals surface area contributed by atoms with Crippen molar-refractivity contribution in [3.63, 3.8) is 0 Å². The van der Waals surface area contributed by atoms with E-state index >= 15 is 0 Å². The van der Waals surface area contributed by atoms with Gasteiger partial charge in [-0.25, -0.2) is 4.39 Å². The van der Waals surface area contributed by atoms with Crippen LogP contribution in [0.15, 0.2) is 18.3 Å². The lowest BCUT2D eigenvalue weighted by Crippen LogP contribution is -2.15. The fourth-order valence-corrected chi connectivity index (χ4v) is 2.40. The summed E-state index contributed by atoms with van der Waals surface area (Å²) < 4.78 is 21.4. The minimum absolute atomic E-state index is 0.246. The van der Waals surface area contributed by atoms with Crippen molar-refractivity contribution in [1.29, 1.82) is 0 Å². The van der Waals surface area contributed by atoms with Gasteiger partial charge in [0.2, 0.25) is 0 Å². The molecule has 1 aromatic heterocycles. The number of hydrogen-bond donors (Lipinski definition) is 0. The molecule has 0 aliphatic heterocycles. The SMILES string of the molecule is CCCOc1cc(F)cc2c1c(CCN(C)C)cn2C. The molecule has 0 N–H and O–H groups in total. The van der Waals surface area contributed by atoms with E-state index in [2.05, 4.69) is 32.1 Å². The average molecular weight is 278 g/mol. The Labute approximate surface area is 119 Å². The predicted molar refractivity (Wildman–Crippen MR) is 80.9 cm³/mol. The summed E-state index contributed by atoms with van der Waals surface area (Å²) in [6.45, 7) is 3.62. The van der Waals surface area contributed by atoms with Crippen LogP contribution < -0.4 is 4.74 Å². The summed E-state index contributed by atoms with van der Waals surface area (Å²) in [6.07, 6.45) is 3.92. The number of nitrogens with zero attached hydrogens (tertiary/aromatic N) is 2. The van der Waals surface area contributed by atoms with Gasteiger partial charge in [0.25, 0.3) is 0 Å². The van der Waals surface area contributed by atoms with Crippen molar-refractivity contribution >= 4 is 10.9 Å². The zero-order valence-electron chi connectivity index (χ0n) is 12.7. The number of ether oxygens (including phenoxy) is 1. The first-order valence-corrected chi connectivity index (χ1v) is 7.08. The molecular weight excluding hydrogens is 255 g/mol. The van der Waals surface area contributed by atoms with Crippen molar-refractivity contribution < 1.29 is 9.13 Å². The van der Waals surface area contributed by atoms with Gasteiger partial charge in [-0.15, -0.1) is 0 Å². The number of hydrogen-bond acceptors (Lipinski definition) is 2. The van der Waals surface area contributed by atoms with E-state index in [1.807, 2.05) is 11.6 Å². The third-order valence-corrected chi connectivity index (χ3v) is 3.39. The Balaban J connectivity index is 2.46. The molecule has 0 bridgehead atoms. The molecule has 0 aliphatic rings. The standard InChI is InChI=1S/C16H23FN2O/c1-5-8-20-15-10-13(17)9-14-16(15)12(11-19(14)4)6-7-18(2)3/h9-11H,5-8H2,1-4H3. The van der Waals surface area contributed by atoms with Crippen LogP contribution in [-0.2, 0) is 13.5 Å². The second kappa shape index (κ2) is 6.27. The number of rotatable bonds is 6. The van der Waals surface area contributed by atoms with E-state index in [-0.39, 0.29) is 5.82 Å². The normalized spacial score (nSPS) is 11.5. The molecular formula is C16H23FN2O. The Hall–Kier alpha value is -1.55. The van der Waals surface area contributed by atoms with Crippen LogP contribution in [0.25, 0.3) is 10.9 Å². The van der Waals surface area contributed by atoms with Crippen LogP contribution in [0, 0.1) is 5.82 Å². The zero-order chi connectivity index (χ0) is 14.7. The largest absolute Gasteiger partial charge is 0.493 e. The Morgan fingerprint density at radius 2 is 2.05 bits per heavy atom. The first kappa shape index (κ1) is 14.9. The van der Waals surface area contributed by atoms with Crippen molar-refractivity contribution in [2.24, 2.45) is 7.05 Å². The third-order valence-electron chi connectivity index (χ3n) is 3.39. The highest BCUT2D eigenvalue weighted by atomic mass is 19.1. The zero-order valence-corrected chi connectivity index (χ0v) is 12.7. The van der Waals surface area contributed by atoms with Crippen LogP contribution in [0.2, 0.25) is 0 Å². The molecule has 0 amide bonds. The van der Waals surface area contributed by atoms with Crippen LogP contribution in [0.1, 0.15) is 18.9 Å². The van der Waals surface area contributed by atoms with Crippen LogP contribution in [0.3, 0.4) is 0 Å². The topological polar surface area (TPSA) is 17.4 Å². The molecule has 4 heteroatoms. The maximum atomic E-state index is 13.7. The lowest BCUT2D eigenvalue weighted by Gasteiger charge is -2.11. The molecule has 0 aliphatic carbocycles.